The Kier molecular flexibility index (Phi) is 9.17. The van der Waals surface area contributed by atoms with Crippen LogP contribution in [0.25, 0.3) is 0 Å². The topological polar surface area (TPSA) is 0 Å². The fraction of sp³-hybridized carbons (Fsp3) is 0.441. The lowest BCUT2D eigenvalue weighted by atomic mass is 9.15. The van der Waals surface area contributed by atoms with Crippen molar-refractivity contribution in [2.45, 2.75) is 91.2 Å². The van der Waals surface area contributed by atoms with E-state index in [4.69, 9.17) is 0 Å². The van der Waals surface area contributed by atoms with Gasteiger partial charge in [0, 0.05) is 11.1 Å². The molecule has 1 atom stereocenters. The molecule has 0 radical (unpaired) electrons. The van der Waals surface area contributed by atoms with Gasteiger partial charge in [-0.25, -0.2) is 43.9 Å². The largest absolute Gasteiger partial charge is 0.207 e. The summed E-state index contributed by atoms with van der Waals surface area (Å²) >= 11 is 0. The quantitative estimate of drug-likeness (QED) is 0.0854. The molecule has 0 bridgehead atoms. The minimum absolute atomic E-state index is 0.0879. The summed E-state index contributed by atoms with van der Waals surface area (Å²) in [5.74, 6) is -22.5. The van der Waals surface area contributed by atoms with Gasteiger partial charge >= 0.3 is 0 Å². The van der Waals surface area contributed by atoms with Crippen LogP contribution in [0.5, 0.6) is 0 Å². The standard InChI is InChI=1S/C34H36BF10P/c1-32(2,3)16-14-17(33(4,5)6)31(18(15-16)34(7,8)9)46-12-10-35(11-13-46,19-21(36)25(40)29(44)26(41)22(19)37)20-23(38)27(42)30(45)28(43)24(20)39/h12,14-15H,10-11,13H2,1-9H3. The zero-order chi connectivity index (χ0) is 35.1. The molecule has 12 heteroatoms. The van der Waals surface area contributed by atoms with Crippen LogP contribution < -0.4 is 16.2 Å². The molecule has 3 aromatic rings. The summed E-state index contributed by atoms with van der Waals surface area (Å²) in [4.78, 5) is 0. The van der Waals surface area contributed by atoms with Crippen molar-refractivity contribution in [3.8, 4) is 0 Å². The van der Waals surface area contributed by atoms with E-state index in [1.54, 1.807) is 0 Å². The minimum Gasteiger partial charge on any atom is -0.207 e. The van der Waals surface area contributed by atoms with Crippen LogP contribution in [0, 0.1) is 58.2 Å². The molecule has 1 unspecified atom stereocenters. The van der Waals surface area contributed by atoms with E-state index < -0.39 is 106 Å². The zero-order valence-electron chi connectivity index (χ0n) is 27.2. The summed E-state index contributed by atoms with van der Waals surface area (Å²) in [6.07, 6.45) is -5.20. The second-order valence-electron chi connectivity index (χ2n) is 15.3. The Bertz CT molecular complexity index is 1610. The Morgan fingerprint density at radius 1 is 0.500 bits per heavy atom. The average molecular weight is 676 g/mol. The van der Waals surface area contributed by atoms with Gasteiger partial charge in [0.15, 0.2) is 40.2 Å². The van der Waals surface area contributed by atoms with Gasteiger partial charge in [0.2, 0.25) is 0 Å². The van der Waals surface area contributed by atoms with Crippen LogP contribution in [0.15, 0.2) is 12.1 Å². The molecule has 0 fully saturated rings. The van der Waals surface area contributed by atoms with Gasteiger partial charge in [-0.3, -0.25) is 0 Å². The molecule has 0 spiro atoms. The fourth-order valence-electron chi connectivity index (χ4n) is 6.48. The lowest BCUT2D eigenvalue weighted by molar-refractivity contribution is 0.381. The van der Waals surface area contributed by atoms with Crippen molar-refractivity contribution in [3.05, 3.63) is 87.0 Å². The number of halogens is 10. The van der Waals surface area contributed by atoms with Crippen LogP contribution in [0.1, 0.15) is 79.0 Å². The number of rotatable bonds is 3. The molecular formula is C34H36BF10P. The first-order chi connectivity index (χ1) is 20.9. The van der Waals surface area contributed by atoms with Gasteiger partial charge in [0.1, 0.15) is 30.8 Å². The molecule has 4 rings (SSSR count). The van der Waals surface area contributed by atoms with Gasteiger partial charge < -0.3 is 0 Å². The summed E-state index contributed by atoms with van der Waals surface area (Å²) in [5, 5.41) is 0.891. The number of benzene rings is 3. The van der Waals surface area contributed by atoms with Gasteiger partial charge in [-0.2, -0.15) is 0 Å². The maximum Gasteiger partial charge on any atom is 0.200 e. The van der Waals surface area contributed by atoms with Gasteiger partial charge in [0.25, 0.3) is 0 Å². The van der Waals surface area contributed by atoms with E-state index in [-0.39, 0.29) is 11.6 Å². The van der Waals surface area contributed by atoms with Gasteiger partial charge in [-0.15, -0.1) is 23.6 Å². The van der Waals surface area contributed by atoms with Crippen molar-refractivity contribution >= 4 is 35.7 Å². The van der Waals surface area contributed by atoms with Crippen LogP contribution in [-0.2, 0) is 16.2 Å². The average Bonchev–Trinajstić information content (AvgIpc) is 2.95. The molecular weight excluding hydrogens is 640 g/mol. The molecule has 0 nitrogen and oxygen atoms in total. The molecule has 250 valence electrons. The van der Waals surface area contributed by atoms with E-state index in [1.807, 2.05) is 41.5 Å². The normalized spacial score (nSPS) is 16.5. The first-order valence-electron chi connectivity index (χ1n) is 14.9. The third kappa shape index (κ3) is 5.79. The third-order valence-electron chi connectivity index (χ3n) is 9.06. The second-order valence-corrected chi connectivity index (χ2v) is 17.5. The molecule has 0 saturated heterocycles. The Labute approximate surface area is 263 Å². The van der Waals surface area contributed by atoms with Crippen molar-refractivity contribution in [2.75, 3.05) is 6.16 Å². The van der Waals surface area contributed by atoms with Crippen molar-refractivity contribution in [1.82, 2.24) is 0 Å². The molecule has 0 aromatic heterocycles. The highest BCUT2D eigenvalue weighted by molar-refractivity contribution is 7.66. The number of hydrogen-bond acceptors (Lipinski definition) is 0. The smallest absolute Gasteiger partial charge is 0.200 e. The van der Waals surface area contributed by atoms with E-state index in [1.165, 1.54) is 5.80 Å². The summed E-state index contributed by atoms with van der Waals surface area (Å²) in [6, 6.07) is 4.14. The van der Waals surface area contributed by atoms with Crippen LogP contribution in [0.4, 0.5) is 43.9 Å². The minimum atomic E-state index is -3.78. The van der Waals surface area contributed by atoms with Crippen LogP contribution in [0.2, 0.25) is 12.6 Å². The van der Waals surface area contributed by atoms with E-state index in [9.17, 15) is 26.3 Å². The Morgan fingerprint density at radius 2 is 0.826 bits per heavy atom. The van der Waals surface area contributed by atoms with E-state index in [0.29, 0.717) is 0 Å². The lowest BCUT2D eigenvalue weighted by Crippen LogP contribution is -2.65. The molecule has 1 aliphatic heterocycles. The van der Waals surface area contributed by atoms with E-state index in [0.717, 1.165) is 22.0 Å². The highest BCUT2D eigenvalue weighted by atomic mass is 31.1. The second kappa shape index (κ2) is 11.7. The predicted octanol–water partition coefficient (Wildman–Crippen LogP) is 9.16. The summed E-state index contributed by atoms with van der Waals surface area (Å²) in [5.41, 5.74) is -1.36. The van der Waals surface area contributed by atoms with Crippen molar-refractivity contribution < 1.29 is 43.9 Å². The Hall–Kier alpha value is -2.81. The molecule has 0 saturated carbocycles. The highest BCUT2D eigenvalue weighted by Crippen LogP contribution is 2.43. The maximum absolute atomic E-state index is 15.5. The summed E-state index contributed by atoms with van der Waals surface area (Å²) in [6.45, 7) is 18.2. The van der Waals surface area contributed by atoms with Crippen molar-refractivity contribution in [2.24, 2.45) is 0 Å². The first-order valence-corrected chi connectivity index (χ1v) is 16.5. The van der Waals surface area contributed by atoms with Gasteiger partial charge in [-0.05, 0) is 21.8 Å². The zero-order valence-corrected chi connectivity index (χ0v) is 28.1. The monoisotopic (exact) mass is 676 g/mol. The molecule has 0 amide bonds. The maximum atomic E-state index is 15.5. The molecule has 0 N–H and O–H groups in total. The summed E-state index contributed by atoms with van der Waals surface area (Å²) in [7, 11) is -1.43. The van der Waals surface area contributed by atoms with Crippen LogP contribution in [-0.4, -0.2) is 18.1 Å². The third-order valence-corrected chi connectivity index (χ3v) is 11.5. The molecule has 3 aromatic carbocycles. The van der Waals surface area contributed by atoms with Gasteiger partial charge in [0.05, 0.1) is 18.1 Å². The van der Waals surface area contributed by atoms with Gasteiger partial charge in [-0.1, -0.05) is 74.4 Å². The van der Waals surface area contributed by atoms with Crippen LogP contribution in [0.3, 0.4) is 0 Å². The molecule has 1 aliphatic rings. The van der Waals surface area contributed by atoms with Crippen molar-refractivity contribution in [3.63, 3.8) is 0 Å². The van der Waals surface area contributed by atoms with E-state index in [2.05, 4.69) is 32.9 Å². The number of hydrogen-bond donors (Lipinski definition) is 0. The van der Waals surface area contributed by atoms with Crippen LogP contribution >= 0.6 is 7.55 Å². The predicted molar refractivity (Wildman–Crippen MR) is 167 cm³/mol. The van der Waals surface area contributed by atoms with Crippen molar-refractivity contribution in [1.29, 1.82) is 0 Å². The SMILES string of the molecule is CC(C)(C)c1cc(C(C)(C)C)c([P+]2=CC[B-](c3c(F)c(F)c(F)c(F)c3F)(c3c(F)c(F)c(F)c(F)c3F)CC2)c(C(C)(C)C)c1. The fourth-order valence-corrected chi connectivity index (χ4v) is 9.82. The summed E-state index contributed by atoms with van der Waals surface area (Å²) < 4.78 is 148. The Balaban J connectivity index is 2.14. The first kappa shape index (κ1) is 36.0. The Morgan fingerprint density at radius 3 is 1.09 bits per heavy atom. The van der Waals surface area contributed by atoms with E-state index >= 15 is 17.6 Å². The lowest BCUT2D eigenvalue weighted by Gasteiger charge is -2.42. The highest BCUT2D eigenvalue weighted by Gasteiger charge is 2.46. The molecule has 0 aliphatic carbocycles. The molecule has 46 heavy (non-hydrogen) atoms. The molecule has 1 heterocycles.